The highest BCUT2D eigenvalue weighted by Crippen LogP contribution is 2.64. The molecule has 4 aliphatic rings. The van der Waals surface area contributed by atoms with Gasteiger partial charge in [-0.2, -0.15) is 5.01 Å². The van der Waals surface area contributed by atoms with E-state index in [-0.39, 0.29) is 41.2 Å². The first kappa shape index (κ1) is 36.3. The van der Waals surface area contributed by atoms with Gasteiger partial charge in [0.25, 0.3) is 11.8 Å². The number of nitrogens with zero attached hydrogens (tertiary/aromatic N) is 2. The lowest BCUT2D eigenvalue weighted by atomic mass is 9.49. The van der Waals surface area contributed by atoms with Crippen LogP contribution in [0, 0.1) is 30.6 Å². The maximum absolute atomic E-state index is 15.4. The minimum absolute atomic E-state index is 0.00965. The topological polar surface area (TPSA) is 128 Å². The molecular formula is C46H39ClN4O6. The number of nitrogens with one attached hydrogen (secondary N) is 2. The van der Waals surface area contributed by atoms with Crippen molar-refractivity contribution in [2.75, 3.05) is 22.8 Å². The van der Waals surface area contributed by atoms with Gasteiger partial charge in [0.1, 0.15) is 0 Å². The van der Waals surface area contributed by atoms with Crippen molar-refractivity contribution < 1.29 is 29.0 Å². The molecule has 5 aromatic carbocycles. The Hall–Kier alpha value is -6.39. The van der Waals surface area contributed by atoms with Gasteiger partial charge >= 0.3 is 0 Å². The van der Waals surface area contributed by atoms with Crippen molar-refractivity contribution in [3.05, 3.63) is 155 Å². The average molecular weight is 779 g/mol. The van der Waals surface area contributed by atoms with Crippen LogP contribution in [-0.2, 0) is 24.6 Å². The molecule has 0 aromatic heterocycles. The van der Waals surface area contributed by atoms with E-state index in [0.717, 1.165) is 27.5 Å². The molecule has 10 nitrogen and oxygen atoms in total. The van der Waals surface area contributed by atoms with Crippen molar-refractivity contribution in [2.45, 2.75) is 31.1 Å². The number of imide groups is 2. The van der Waals surface area contributed by atoms with E-state index in [1.54, 1.807) is 24.3 Å². The lowest BCUT2D eigenvalue weighted by Gasteiger charge is -2.50. The Balaban J connectivity index is 1.17. The number of phenols is 1. The van der Waals surface area contributed by atoms with E-state index in [2.05, 4.69) is 10.7 Å². The zero-order valence-electron chi connectivity index (χ0n) is 31.2. The number of carbonyl (C=O) groups excluding carboxylic acids is 4. The van der Waals surface area contributed by atoms with Crippen molar-refractivity contribution in [3.63, 3.8) is 0 Å². The fourth-order valence-corrected chi connectivity index (χ4v) is 9.89. The molecule has 5 aromatic rings. The second kappa shape index (κ2) is 14.0. The highest BCUT2D eigenvalue weighted by atomic mass is 35.5. The van der Waals surface area contributed by atoms with Gasteiger partial charge in [-0.15, -0.1) is 0 Å². The number of hydrazine groups is 1. The predicted molar refractivity (Wildman–Crippen MR) is 217 cm³/mol. The Labute approximate surface area is 334 Å². The molecule has 0 spiro atoms. The standard InChI is InChI=1S/C46H39ClN4O6/c1-26-13-15-31(16-14-26)49-51-43(54)36-25-35-33(40(27-23-37(47)41(52)38(24-27)57-2)46(36,45(51)56)28-9-5-3-6-10-28)21-22-34-39(35)44(55)50(42(34)53)32-19-17-30(18-20-32)48-29-11-7-4-8-12-29/h3-21,23-24,34-36,39-40,48-49,52H,22,25H2,1-2H3/t34-,35+,36-,39-,40-,46+/m0/s1. The summed E-state index contributed by atoms with van der Waals surface area (Å²) in [6.45, 7) is 1.95. The Morgan fingerprint density at radius 1 is 0.772 bits per heavy atom. The Bertz CT molecular complexity index is 2460. The third kappa shape index (κ3) is 5.69. The van der Waals surface area contributed by atoms with Gasteiger partial charge in [0, 0.05) is 17.3 Å². The number of aromatic hydroxyl groups is 1. The summed E-state index contributed by atoms with van der Waals surface area (Å²) in [6.07, 6.45) is 2.39. The predicted octanol–water partition coefficient (Wildman–Crippen LogP) is 8.30. The molecule has 2 heterocycles. The normalized spacial score (nSPS) is 25.1. The van der Waals surface area contributed by atoms with Gasteiger partial charge in [0.05, 0.1) is 46.7 Å². The second-order valence-corrected chi connectivity index (χ2v) is 15.6. The molecule has 0 unspecified atom stereocenters. The zero-order chi connectivity index (χ0) is 39.6. The summed E-state index contributed by atoms with van der Waals surface area (Å²) in [5.41, 5.74) is 7.28. The van der Waals surface area contributed by atoms with Crippen LogP contribution in [0.1, 0.15) is 35.4 Å². The number of hydrogen-bond acceptors (Lipinski definition) is 8. The molecule has 3 fully saturated rings. The number of para-hydroxylation sites is 1. The third-order valence-electron chi connectivity index (χ3n) is 12.2. The number of fused-ring (bicyclic) bond motifs is 4. The van der Waals surface area contributed by atoms with Crippen LogP contribution in [0.3, 0.4) is 0 Å². The molecule has 0 radical (unpaired) electrons. The average Bonchev–Trinajstić information content (AvgIpc) is 3.61. The first-order valence-corrected chi connectivity index (χ1v) is 19.3. The monoisotopic (exact) mass is 778 g/mol. The minimum atomic E-state index is -1.50. The first-order chi connectivity index (χ1) is 27.6. The van der Waals surface area contributed by atoms with Crippen molar-refractivity contribution in [3.8, 4) is 11.5 Å². The van der Waals surface area contributed by atoms with E-state index in [4.69, 9.17) is 16.3 Å². The maximum atomic E-state index is 15.4. The highest BCUT2D eigenvalue weighted by molar-refractivity contribution is 6.32. The van der Waals surface area contributed by atoms with Crippen LogP contribution < -0.4 is 20.4 Å². The lowest BCUT2D eigenvalue weighted by molar-refractivity contribution is -0.138. The second-order valence-electron chi connectivity index (χ2n) is 15.2. The molecule has 6 atom stereocenters. The number of allylic oxidation sites excluding steroid dienone is 2. The zero-order valence-corrected chi connectivity index (χ0v) is 31.9. The summed E-state index contributed by atoms with van der Waals surface area (Å²) in [4.78, 5) is 60.7. The summed E-state index contributed by atoms with van der Waals surface area (Å²) < 4.78 is 5.57. The van der Waals surface area contributed by atoms with Crippen LogP contribution in [0.4, 0.5) is 22.7 Å². The van der Waals surface area contributed by atoms with Crippen LogP contribution in [-0.4, -0.2) is 40.9 Å². The SMILES string of the molecule is COc1cc([C@H]2C3=CC[C@@H]4C(=O)N(c5ccc(Nc6ccccc6)cc5)C(=O)[C@@H]4[C@@H]3C[C@H]3C(=O)N(Nc4ccc(C)cc4)C(=O)[C@@]23c2ccccc2)cc(Cl)c1O. The molecule has 1 saturated carbocycles. The van der Waals surface area contributed by atoms with Crippen LogP contribution in [0.25, 0.3) is 0 Å². The summed E-state index contributed by atoms with van der Waals surface area (Å²) in [5.74, 6) is -5.51. The number of rotatable bonds is 8. The Morgan fingerprint density at radius 3 is 2.11 bits per heavy atom. The molecule has 2 saturated heterocycles. The molecule has 2 aliphatic heterocycles. The maximum Gasteiger partial charge on any atom is 0.260 e. The number of ether oxygens (including phenoxy) is 1. The van der Waals surface area contributed by atoms with Crippen molar-refractivity contribution >= 4 is 58.0 Å². The molecule has 3 N–H and O–H groups in total. The van der Waals surface area contributed by atoms with Crippen LogP contribution in [0.15, 0.2) is 133 Å². The lowest BCUT2D eigenvalue weighted by Crippen LogP contribution is -2.53. The smallest absolute Gasteiger partial charge is 0.260 e. The molecule has 2 aliphatic carbocycles. The Kier molecular flexibility index (Phi) is 8.89. The first-order valence-electron chi connectivity index (χ1n) is 18.9. The number of phenolic OH excluding ortho intramolecular Hbond substituents is 1. The van der Waals surface area contributed by atoms with Gasteiger partial charge in [-0.05, 0) is 97.5 Å². The van der Waals surface area contributed by atoms with E-state index in [0.29, 0.717) is 22.5 Å². The number of methoxy groups -OCH3 is 1. The molecule has 0 bridgehead atoms. The summed E-state index contributed by atoms with van der Waals surface area (Å²) in [5, 5.41) is 15.3. The summed E-state index contributed by atoms with van der Waals surface area (Å²) >= 11 is 6.68. The molecule has 57 heavy (non-hydrogen) atoms. The number of carbonyl (C=O) groups is 4. The van der Waals surface area contributed by atoms with Crippen molar-refractivity contribution in [2.24, 2.45) is 23.7 Å². The van der Waals surface area contributed by atoms with E-state index in [1.165, 1.54) is 12.0 Å². The van der Waals surface area contributed by atoms with Gasteiger partial charge in [-0.3, -0.25) is 29.5 Å². The van der Waals surface area contributed by atoms with Crippen LogP contribution in [0.2, 0.25) is 5.02 Å². The minimum Gasteiger partial charge on any atom is -0.503 e. The van der Waals surface area contributed by atoms with Crippen molar-refractivity contribution in [1.82, 2.24) is 5.01 Å². The van der Waals surface area contributed by atoms with Gasteiger partial charge in [0.15, 0.2) is 11.5 Å². The van der Waals surface area contributed by atoms with E-state index < -0.39 is 46.8 Å². The number of amides is 4. The molecule has 11 heteroatoms. The van der Waals surface area contributed by atoms with Gasteiger partial charge < -0.3 is 15.2 Å². The fraction of sp³-hybridized carbons (Fsp3) is 0.217. The highest BCUT2D eigenvalue weighted by Gasteiger charge is 2.70. The number of hydrogen-bond donors (Lipinski definition) is 3. The number of benzene rings is 5. The number of halogens is 1. The largest absolute Gasteiger partial charge is 0.503 e. The molecule has 9 rings (SSSR count). The van der Waals surface area contributed by atoms with E-state index >= 15 is 4.79 Å². The van der Waals surface area contributed by atoms with Crippen LogP contribution >= 0.6 is 11.6 Å². The van der Waals surface area contributed by atoms with E-state index in [1.807, 2.05) is 110 Å². The number of aryl methyl sites for hydroxylation is 1. The van der Waals surface area contributed by atoms with Gasteiger partial charge in [0.2, 0.25) is 11.8 Å². The summed E-state index contributed by atoms with van der Waals surface area (Å²) in [7, 11) is 1.41. The third-order valence-corrected chi connectivity index (χ3v) is 12.5. The van der Waals surface area contributed by atoms with Crippen LogP contribution in [0.5, 0.6) is 11.5 Å². The fourth-order valence-electron chi connectivity index (χ4n) is 9.67. The van der Waals surface area contributed by atoms with Crippen molar-refractivity contribution in [1.29, 1.82) is 0 Å². The van der Waals surface area contributed by atoms with Gasteiger partial charge in [-0.1, -0.05) is 89.5 Å². The molecule has 286 valence electrons. The molecular weight excluding hydrogens is 740 g/mol. The quantitative estimate of drug-likeness (QED) is 0.106. The van der Waals surface area contributed by atoms with E-state index in [9.17, 15) is 19.5 Å². The summed E-state index contributed by atoms with van der Waals surface area (Å²) in [6, 6.07) is 36.8. The molecule has 4 amide bonds. The van der Waals surface area contributed by atoms with Gasteiger partial charge in [-0.25, -0.2) is 0 Å². The number of anilines is 4. The Morgan fingerprint density at radius 2 is 1.42 bits per heavy atom.